The number of benzene rings is 2. The second kappa shape index (κ2) is 7.03. The van der Waals surface area contributed by atoms with Crippen LogP contribution in [0.15, 0.2) is 65.0 Å². The number of hydrogen-bond acceptors (Lipinski definition) is 4. The molecule has 0 aromatic heterocycles. The van der Waals surface area contributed by atoms with E-state index in [1.807, 2.05) is 31.2 Å². The summed E-state index contributed by atoms with van der Waals surface area (Å²) < 4.78 is 5.36. The van der Waals surface area contributed by atoms with E-state index in [2.05, 4.69) is 23.5 Å². The highest BCUT2D eigenvalue weighted by Crippen LogP contribution is 2.44. The summed E-state index contributed by atoms with van der Waals surface area (Å²) in [5, 5.41) is 5.48. The van der Waals surface area contributed by atoms with E-state index in [4.69, 9.17) is 4.74 Å². The van der Waals surface area contributed by atoms with E-state index in [1.54, 1.807) is 6.92 Å². The number of dihydropyridines is 1. The van der Waals surface area contributed by atoms with Crippen molar-refractivity contribution < 1.29 is 14.3 Å². The highest BCUT2D eigenvalue weighted by molar-refractivity contribution is 6.05. The van der Waals surface area contributed by atoms with Crippen LogP contribution in [0.25, 0.3) is 10.8 Å². The summed E-state index contributed by atoms with van der Waals surface area (Å²) in [7, 11) is 0. The molecule has 27 heavy (non-hydrogen) atoms. The van der Waals surface area contributed by atoms with E-state index in [1.165, 1.54) is 0 Å². The normalized spacial score (nSPS) is 19.8. The molecule has 1 atom stereocenters. The van der Waals surface area contributed by atoms with Crippen LogP contribution in [0.5, 0.6) is 0 Å². The summed E-state index contributed by atoms with van der Waals surface area (Å²) >= 11 is 0. The summed E-state index contributed by atoms with van der Waals surface area (Å²) in [6.45, 7) is 4.00. The Balaban J connectivity index is 1.98. The standard InChI is InChI=1S/C23H23NO3/c1-3-27-23(26)20-14(2)24-18-12-7-13-19(25)22(18)21(20)17-11-6-9-15-8-4-5-10-16(15)17/h4-6,8-11,21,24H,3,7,12-13H2,1-2H3. The van der Waals surface area contributed by atoms with Gasteiger partial charge in [0.25, 0.3) is 0 Å². The van der Waals surface area contributed by atoms with Gasteiger partial charge in [-0.25, -0.2) is 4.79 Å². The molecule has 0 bridgehead atoms. The molecular formula is C23H23NO3. The maximum absolute atomic E-state index is 12.9. The van der Waals surface area contributed by atoms with Gasteiger partial charge in [0.15, 0.2) is 5.78 Å². The predicted molar refractivity (Wildman–Crippen MR) is 105 cm³/mol. The molecular weight excluding hydrogens is 338 g/mol. The number of fused-ring (bicyclic) bond motifs is 1. The van der Waals surface area contributed by atoms with Gasteiger partial charge in [-0.2, -0.15) is 0 Å². The topological polar surface area (TPSA) is 55.4 Å². The molecule has 2 aromatic rings. The number of nitrogens with one attached hydrogen (secondary N) is 1. The monoisotopic (exact) mass is 361 g/mol. The van der Waals surface area contributed by atoms with E-state index in [9.17, 15) is 9.59 Å². The third-order valence-electron chi connectivity index (χ3n) is 5.41. The van der Waals surface area contributed by atoms with E-state index >= 15 is 0 Å². The van der Waals surface area contributed by atoms with Gasteiger partial charge in [0.2, 0.25) is 0 Å². The SMILES string of the molecule is CCOC(=O)C1=C(C)NC2=C(C(=O)CCC2)C1c1cccc2ccccc12. The average Bonchev–Trinajstić information content (AvgIpc) is 2.67. The van der Waals surface area contributed by atoms with E-state index < -0.39 is 0 Å². The van der Waals surface area contributed by atoms with Gasteiger partial charge in [0.05, 0.1) is 12.2 Å². The highest BCUT2D eigenvalue weighted by atomic mass is 16.5. The van der Waals surface area contributed by atoms with Crippen molar-refractivity contribution in [3.63, 3.8) is 0 Å². The summed E-state index contributed by atoms with van der Waals surface area (Å²) in [5.74, 6) is -0.624. The number of rotatable bonds is 3. The number of esters is 1. The molecule has 4 nitrogen and oxygen atoms in total. The lowest BCUT2D eigenvalue weighted by Crippen LogP contribution is -2.34. The molecule has 0 saturated heterocycles. The highest BCUT2D eigenvalue weighted by Gasteiger charge is 2.39. The smallest absolute Gasteiger partial charge is 0.336 e. The van der Waals surface area contributed by atoms with Gasteiger partial charge in [0.1, 0.15) is 0 Å². The fourth-order valence-electron chi connectivity index (χ4n) is 4.28. The van der Waals surface area contributed by atoms with Crippen LogP contribution in [0.2, 0.25) is 0 Å². The Morgan fingerprint density at radius 1 is 1.15 bits per heavy atom. The van der Waals surface area contributed by atoms with Crippen molar-refractivity contribution in [1.82, 2.24) is 5.32 Å². The van der Waals surface area contributed by atoms with Gasteiger partial charge in [-0.3, -0.25) is 4.79 Å². The van der Waals surface area contributed by atoms with E-state index in [0.29, 0.717) is 18.6 Å². The van der Waals surface area contributed by atoms with E-state index in [0.717, 1.165) is 46.1 Å². The second-order valence-electron chi connectivity index (χ2n) is 7.05. The van der Waals surface area contributed by atoms with Crippen LogP contribution in [0.3, 0.4) is 0 Å². The average molecular weight is 361 g/mol. The maximum Gasteiger partial charge on any atom is 0.336 e. The van der Waals surface area contributed by atoms with Crippen LogP contribution in [0.1, 0.15) is 44.6 Å². The molecule has 4 rings (SSSR count). The first-order valence-electron chi connectivity index (χ1n) is 9.50. The first kappa shape index (κ1) is 17.5. The zero-order valence-electron chi connectivity index (χ0n) is 15.7. The molecule has 1 aliphatic heterocycles. The number of carbonyl (C=O) groups is 2. The first-order chi connectivity index (χ1) is 13.1. The van der Waals surface area contributed by atoms with E-state index in [-0.39, 0.29) is 17.7 Å². The Kier molecular flexibility index (Phi) is 4.56. The van der Waals surface area contributed by atoms with Crippen LogP contribution in [0.4, 0.5) is 0 Å². The molecule has 0 spiro atoms. The lowest BCUT2D eigenvalue weighted by molar-refractivity contribution is -0.138. The Morgan fingerprint density at radius 3 is 2.74 bits per heavy atom. The molecule has 1 unspecified atom stereocenters. The lowest BCUT2D eigenvalue weighted by Gasteiger charge is -2.34. The van der Waals surface area contributed by atoms with Gasteiger partial charge >= 0.3 is 5.97 Å². The summed E-state index contributed by atoms with van der Waals surface area (Å²) in [6, 6.07) is 14.2. The number of carbonyl (C=O) groups excluding carboxylic acids is 2. The zero-order chi connectivity index (χ0) is 19.0. The van der Waals surface area contributed by atoms with Crippen molar-refractivity contribution >= 4 is 22.5 Å². The van der Waals surface area contributed by atoms with Crippen molar-refractivity contribution in [3.8, 4) is 0 Å². The molecule has 0 fully saturated rings. The molecule has 1 heterocycles. The Bertz CT molecular complexity index is 994. The van der Waals surface area contributed by atoms with Crippen molar-refractivity contribution in [2.24, 2.45) is 0 Å². The Morgan fingerprint density at radius 2 is 1.93 bits per heavy atom. The molecule has 138 valence electrons. The van der Waals surface area contributed by atoms with Crippen molar-refractivity contribution in [2.45, 2.75) is 39.0 Å². The molecule has 2 aromatic carbocycles. The van der Waals surface area contributed by atoms with Gasteiger partial charge < -0.3 is 10.1 Å². The minimum atomic E-state index is -0.390. The number of ketones is 1. The fourth-order valence-corrected chi connectivity index (χ4v) is 4.28. The number of Topliss-reactive ketones (excluding diaryl/α,β-unsaturated/α-hetero) is 1. The van der Waals surface area contributed by atoms with Crippen LogP contribution in [-0.2, 0) is 14.3 Å². The minimum Gasteiger partial charge on any atom is -0.463 e. The van der Waals surface area contributed by atoms with Gasteiger partial charge in [-0.1, -0.05) is 42.5 Å². The van der Waals surface area contributed by atoms with Crippen molar-refractivity contribution in [3.05, 3.63) is 70.6 Å². The fraction of sp³-hybridized carbons (Fsp3) is 0.304. The quantitative estimate of drug-likeness (QED) is 0.825. The van der Waals surface area contributed by atoms with Gasteiger partial charge in [-0.15, -0.1) is 0 Å². The van der Waals surface area contributed by atoms with Crippen LogP contribution < -0.4 is 5.32 Å². The summed E-state index contributed by atoms with van der Waals surface area (Å²) in [6.07, 6.45) is 2.20. The third kappa shape index (κ3) is 2.95. The van der Waals surface area contributed by atoms with Crippen LogP contribution >= 0.6 is 0 Å². The van der Waals surface area contributed by atoms with Crippen molar-refractivity contribution in [2.75, 3.05) is 6.61 Å². The lowest BCUT2D eigenvalue weighted by atomic mass is 9.74. The number of hydrogen-bond donors (Lipinski definition) is 1. The molecule has 1 N–H and O–H groups in total. The van der Waals surface area contributed by atoms with Crippen LogP contribution in [-0.4, -0.2) is 18.4 Å². The minimum absolute atomic E-state index is 0.121. The maximum atomic E-state index is 12.9. The second-order valence-corrected chi connectivity index (χ2v) is 7.05. The Hall–Kier alpha value is -2.88. The first-order valence-corrected chi connectivity index (χ1v) is 9.50. The Labute approximate surface area is 158 Å². The third-order valence-corrected chi connectivity index (χ3v) is 5.41. The van der Waals surface area contributed by atoms with Gasteiger partial charge in [0, 0.05) is 29.3 Å². The summed E-state index contributed by atoms with van der Waals surface area (Å²) in [4.78, 5) is 25.8. The molecule has 2 aliphatic rings. The summed E-state index contributed by atoms with van der Waals surface area (Å²) in [5.41, 5.74) is 3.99. The molecule has 0 saturated carbocycles. The molecule has 0 amide bonds. The zero-order valence-corrected chi connectivity index (χ0v) is 15.7. The number of ether oxygens (including phenoxy) is 1. The largest absolute Gasteiger partial charge is 0.463 e. The van der Waals surface area contributed by atoms with Crippen molar-refractivity contribution in [1.29, 1.82) is 0 Å². The molecule has 1 aliphatic carbocycles. The molecule has 4 heteroatoms. The number of allylic oxidation sites excluding steroid dienone is 3. The molecule has 0 radical (unpaired) electrons. The van der Waals surface area contributed by atoms with Crippen LogP contribution in [0, 0.1) is 0 Å². The van der Waals surface area contributed by atoms with Gasteiger partial charge in [-0.05, 0) is 43.0 Å². The predicted octanol–water partition coefficient (Wildman–Crippen LogP) is 4.37.